The molecule has 1 fully saturated rings. The van der Waals surface area contributed by atoms with Crippen LogP contribution in [0.3, 0.4) is 0 Å². The Labute approximate surface area is 139 Å². The summed E-state index contributed by atoms with van der Waals surface area (Å²) in [6.07, 6.45) is 1.93. The van der Waals surface area contributed by atoms with Crippen molar-refractivity contribution in [3.05, 3.63) is 47.3 Å². The highest BCUT2D eigenvalue weighted by Gasteiger charge is 2.34. The van der Waals surface area contributed by atoms with Crippen LogP contribution in [-0.2, 0) is 16.1 Å². The van der Waals surface area contributed by atoms with Crippen molar-refractivity contribution in [1.82, 2.24) is 19.9 Å². The number of benzene rings is 1. The number of nitrogens with zero attached hydrogens (tertiary/aromatic N) is 4. The average molecular weight is 332 g/mol. The largest absolute Gasteiger partial charge is 0.383 e. The van der Waals surface area contributed by atoms with Gasteiger partial charge in [-0.15, -0.1) is 16.9 Å². The first-order valence-corrected chi connectivity index (χ1v) is 8.58. The molecule has 1 aliphatic heterocycles. The Bertz CT molecular complexity index is 688. The summed E-state index contributed by atoms with van der Waals surface area (Å²) in [4.78, 5) is 13.8. The van der Waals surface area contributed by atoms with Crippen molar-refractivity contribution in [1.29, 1.82) is 0 Å². The lowest BCUT2D eigenvalue weighted by Gasteiger charge is -2.21. The van der Waals surface area contributed by atoms with E-state index in [4.69, 9.17) is 4.74 Å². The predicted octanol–water partition coefficient (Wildman–Crippen LogP) is 1.86. The standard InChI is InChI=1S/C16H20N4O2S/c1-12-5-3-4-6-13(12)9-19-10-14(17-18-19)16-20(7-8-22-2)15(21)11-23-16/h3-6,10,16H,7-9,11H2,1-2H3/t16-/m1/s1. The molecule has 0 bridgehead atoms. The Balaban J connectivity index is 1.73. The van der Waals surface area contributed by atoms with Crippen molar-refractivity contribution >= 4 is 17.7 Å². The quantitative estimate of drug-likeness (QED) is 0.808. The number of aryl methyl sites for hydroxylation is 1. The monoisotopic (exact) mass is 332 g/mol. The molecular weight excluding hydrogens is 312 g/mol. The van der Waals surface area contributed by atoms with Crippen LogP contribution >= 0.6 is 11.8 Å². The van der Waals surface area contributed by atoms with Gasteiger partial charge in [-0.1, -0.05) is 29.5 Å². The summed E-state index contributed by atoms with van der Waals surface area (Å²) in [5, 5.41) is 8.43. The second-order valence-electron chi connectivity index (χ2n) is 5.51. The van der Waals surface area contributed by atoms with Gasteiger partial charge in [-0.25, -0.2) is 4.68 Å². The van der Waals surface area contributed by atoms with Gasteiger partial charge in [0.25, 0.3) is 0 Å². The zero-order chi connectivity index (χ0) is 16.2. The Morgan fingerprint density at radius 2 is 2.22 bits per heavy atom. The topological polar surface area (TPSA) is 60.2 Å². The summed E-state index contributed by atoms with van der Waals surface area (Å²) in [7, 11) is 1.64. The maximum absolute atomic E-state index is 12.0. The molecule has 2 heterocycles. The van der Waals surface area contributed by atoms with Crippen LogP contribution in [0, 0.1) is 6.92 Å². The van der Waals surface area contributed by atoms with E-state index in [9.17, 15) is 4.79 Å². The van der Waals surface area contributed by atoms with Gasteiger partial charge >= 0.3 is 0 Å². The lowest BCUT2D eigenvalue weighted by molar-refractivity contribution is -0.128. The number of rotatable bonds is 6. The molecule has 3 rings (SSSR count). The lowest BCUT2D eigenvalue weighted by atomic mass is 10.1. The molecule has 0 unspecified atom stereocenters. The second kappa shape index (κ2) is 7.14. The fourth-order valence-electron chi connectivity index (χ4n) is 2.60. The van der Waals surface area contributed by atoms with Gasteiger partial charge in [0.15, 0.2) is 0 Å². The molecule has 6 nitrogen and oxygen atoms in total. The third kappa shape index (κ3) is 3.56. The molecule has 0 radical (unpaired) electrons. The molecule has 0 N–H and O–H groups in total. The van der Waals surface area contributed by atoms with Crippen molar-refractivity contribution in [3.8, 4) is 0 Å². The van der Waals surface area contributed by atoms with E-state index in [1.54, 1.807) is 18.9 Å². The van der Waals surface area contributed by atoms with Crippen LogP contribution in [-0.4, -0.2) is 51.8 Å². The zero-order valence-corrected chi connectivity index (χ0v) is 14.1. The number of aromatic nitrogens is 3. The number of thioether (sulfide) groups is 1. The second-order valence-corrected chi connectivity index (χ2v) is 6.58. The van der Waals surface area contributed by atoms with Crippen molar-refractivity contribution in [2.75, 3.05) is 26.0 Å². The number of amides is 1. The molecule has 2 aromatic rings. The summed E-state index contributed by atoms with van der Waals surface area (Å²) < 4.78 is 6.92. The highest BCUT2D eigenvalue weighted by atomic mass is 32.2. The van der Waals surface area contributed by atoms with E-state index in [1.165, 1.54) is 11.1 Å². The Kier molecular flexibility index (Phi) is 4.97. The number of carbonyl (C=O) groups excluding carboxylic acids is 1. The molecule has 1 atom stereocenters. The third-order valence-corrected chi connectivity index (χ3v) is 5.13. The van der Waals surface area contributed by atoms with Gasteiger partial charge in [0.1, 0.15) is 11.1 Å². The minimum absolute atomic E-state index is 0.0664. The van der Waals surface area contributed by atoms with Gasteiger partial charge in [-0.3, -0.25) is 4.79 Å². The average Bonchev–Trinajstić information content (AvgIpc) is 3.14. The molecule has 0 spiro atoms. The lowest BCUT2D eigenvalue weighted by Crippen LogP contribution is -2.31. The van der Waals surface area contributed by atoms with Crippen LogP contribution in [0.25, 0.3) is 0 Å². The summed E-state index contributed by atoms with van der Waals surface area (Å²) in [5.74, 6) is 0.615. The number of carbonyl (C=O) groups is 1. The number of hydrogen-bond donors (Lipinski definition) is 0. The van der Waals surface area contributed by atoms with Gasteiger partial charge in [0.05, 0.1) is 25.1 Å². The van der Waals surface area contributed by atoms with Crippen molar-refractivity contribution in [3.63, 3.8) is 0 Å². The van der Waals surface area contributed by atoms with E-state index in [-0.39, 0.29) is 11.3 Å². The Morgan fingerprint density at radius 1 is 1.39 bits per heavy atom. The van der Waals surface area contributed by atoms with Crippen molar-refractivity contribution < 1.29 is 9.53 Å². The van der Waals surface area contributed by atoms with E-state index in [0.717, 1.165) is 5.69 Å². The van der Waals surface area contributed by atoms with E-state index < -0.39 is 0 Å². The smallest absolute Gasteiger partial charge is 0.233 e. The predicted molar refractivity (Wildman–Crippen MR) is 89.1 cm³/mol. The minimum atomic E-state index is -0.0664. The number of methoxy groups -OCH3 is 1. The minimum Gasteiger partial charge on any atom is -0.383 e. The first kappa shape index (κ1) is 16.0. The summed E-state index contributed by atoms with van der Waals surface area (Å²) in [5.41, 5.74) is 3.28. The maximum atomic E-state index is 12.0. The van der Waals surface area contributed by atoms with E-state index in [1.807, 2.05) is 27.9 Å². The van der Waals surface area contributed by atoms with E-state index in [0.29, 0.717) is 25.4 Å². The number of ether oxygens (including phenoxy) is 1. The summed E-state index contributed by atoms with van der Waals surface area (Å²) >= 11 is 1.59. The van der Waals surface area contributed by atoms with Gasteiger partial charge in [0, 0.05) is 13.7 Å². The number of hydrogen-bond acceptors (Lipinski definition) is 5. The van der Waals surface area contributed by atoms with Crippen molar-refractivity contribution in [2.24, 2.45) is 0 Å². The fourth-order valence-corrected chi connectivity index (χ4v) is 3.74. The first-order chi connectivity index (χ1) is 11.2. The van der Waals surface area contributed by atoms with Crippen LogP contribution in [0.5, 0.6) is 0 Å². The van der Waals surface area contributed by atoms with Gasteiger partial charge < -0.3 is 9.64 Å². The van der Waals surface area contributed by atoms with E-state index in [2.05, 4.69) is 29.4 Å². The molecule has 122 valence electrons. The highest BCUT2D eigenvalue weighted by molar-refractivity contribution is 8.00. The molecule has 23 heavy (non-hydrogen) atoms. The van der Waals surface area contributed by atoms with Crippen LogP contribution in [0.4, 0.5) is 0 Å². The molecule has 1 aliphatic rings. The van der Waals surface area contributed by atoms with Gasteiger partial charge in [-0.2, -0.15) is 0 Å². The van der Waals surface area contributed by atoms with Crippen LogP contribution in [0.2, 0.25) is 0 Å². The Morgan fingerprint density at radius 3 is 3.00 bits per heavy atom. The molecule has 1 saturated heterocycles. The van der Waals surface area contributed by atoms with Gasteiger partial charge in [-0.05, 0) is 18.1 Å². The third-order valence-electron chi connectivity index (χ3n) is 3.91. The normalized spacial score (nSPS) is 17.9. The molecule has 1 amide bonds. The SMILES string of the molecule is COCCN1C(=O)CS[C@@H]1c1cn(Cc2ccccc2C)nn1. The van der Waals surface area contributed by atoms with Crippen LogP contribution in [0.15, 0.2) is 30.5 Å². The summed E-state index contributed by atoms with van der Waals surface area (Å²) in [6.45, 7) is 3.88. The van der Waals surface area contributed by atoms with Crippen LogP contribution in [0.1, 0.15) is 22.2 Å². The van der Waals surface area contributed by atoms with Crippen molar-refractivity contribution in [2.45, 2.75) is 18.8 Å². The van der Waals surface area contributed by atoms with Gasteiger partial charge in [0.2, 0.25) is 5.91 Å². The summed E-state index contributed by atoms with van der Waals surface area (Å²) in [6, 6.07) is 8.23. The Hall–Kier alpha value is -1.86. The molecule has 0 aliphatic carbocycles. The molecular formula is C16H20N4O2S. The first-order valence-electron chi connectivity index (χ1n) is 7.53. The fraction of sp³-hybridized carbons (Fsp3) is 0.438. The zero-order valence-electron chi connectivity index (χ0n) is 13.3. The molecule has 0 saturated carbocycles. The highest BCUT2D eigenvalue weighted by Crippen LogP contribution is 2.37. The maximum Gasteiger partial charge on any atom is 0.233 e. The van der Waals surface area contributed by atoms with Crippen LogP contribution < -0.4 is 0 Å². The molecule has 7 heteroatoms. The molecule has 1 aromatic carbocycles. The molecule has 1 aromatic heterocycles. The van der Waals surface area contributed by atoms with E-state index >= 15 is 0 Å².